The summed E-state index contributed by atoms with van der Waals surface area (Å²) in [6, 6.07) is 0. The highest BCUT2D eigenvalue weighted by atomic mass is 15.0. The summed E-state index contributed by atoms with van der Waals surface area (Å²) in [5, 5.41) is 3.20. The highest BCUT2D eigenvalue weighted by Gasteiger charge is 1.93. The van der Waals surface area contributed by atoms with E-state index >= 15 is 0 Å². The largest absolute Gasteiger partial charge is 0.382 e. The number of nitrogen functional groups attached to an aromatic ring is 1. The Bertz CT molecular complexity index is 245. The second-order valence-electron chi connectivity index (χ2n) is 3.31. The van der Waals surface area contributed by atoms with Crippen LogP contribution in [0.4, 0.5) is 11.6 Å². The highest BCUT2D eigenvalue weighted by Crippen LogP contribution is 2.03. The minimum absolute atomic E-state index is 0.460. The SMILES string of the molecule is CCCCCCNc1cnc(N)cn1. The van der Waals surface area contributed by atoms with Crippen LogP contribution in [0.2, 0.25) is 0 Å². The first-order chi connectivity index (χ1) is 6.83. The van der Waals surface area contributed by atoms with Crippen LogP contribution in [-0.4, -0.2) is 16.5 Å². The Morgan fingerprint density at radius 2 is 2.07 bits per heavy atom. The Labute approximate surface area is 85.0 Å². The molecule has 4 nitrogen and oxygen atoms in total. The predicted octanol–water partition coefficient (Wildman–Crippen LogP) is 2.05. The molecule has 0 fully saturated rings. The molecule has 0 aliphatic heterocycles. The third-order valence-corrected chi connectivity index (χ3v) is 2.01. The van der Waals surface area contributed by atoms with Crippen molar-refractivity contribution >= 4 is 11.6 Å². The van der Waals surface area contributed by atoms with Crippen molar-refractivity contribution in [1.29, 1.82) is 0 Å². The molecule has 1 heterocycles. The van der Waals surface area contributed by atoms with Gasteiger partial charge in [-0.3, -0.25) is 0 Å². The van der Waals surface area contributed by atoms with Gasteiger partial charge in [0.15, 0.2) is 0 Å². The number of hydrogen-bond donors (Lipinski definition) is 2. The van der Waals surface area contributed by atoms with Gasteiger partial charge in [0.1, 0.15) is 11.6 Å². The third kappa shape index (κ3) is 4.07. The standard InChI is InChI=1S/C10H18N4/c1-2-3-4-5-6-12-10-8-13-9(11)7-14-10/h7-8H,2-6H2,1H3,(H2,11,13)(H,12,14). The first-order valence-electron chi connectivity index (χ1n) is 5.14. The average Bonchev–Trinajstić information content (AvgIpc) is 2.21. The molecule has 0 saturated carbocycles. The van der Waals surface area contributed by atoms with E-state index in [0.29, 0.717) is 5.82 Å². The topological polar surface area (TPSA) is 63.8 Å². The van der Waals surface area contributed by atoms with E-state index in [0.717, 1.165) is 12.4 Å². The molecule has 0 atom stereocenters. The van der Waals surface area contributed by atoms with Crippen LogP contribution in [0.25, 0.3) is 0 Å². The molecule has 0 spiro atoms. The molecule has 78 valence electrons. The van der Waals surface area contributed by atoms with Crippen molar-refractivity contribution < 1.29 is 0 Å². The maximum Gasteiger partial charge on any atom is 0.144 e. The van der Waals surface area contributed by atoms with Gasteiger partial charge in [0.25, 0.3) is 0 Å². The summed E-state index contributed by atoms with van der Waals surface area (Å²) in [6.45, 7) is 3.16. The lowest BCUT2D eigenvalue weighted by molar-refractivity contribution is 0.684. The van der Waals surface area contributed by atoms with Crippen LogP contribution < -0.4 is 11.1 Å². The van der Waals surface area contributed by atoms with E-state index in [2.05, 4.69) is 22.2 Å². The van der Waals surface area contributed by atoms with E-state index in [9.17, 15) is 0 Å². The number of hydrogen-bond acceptors (Lipinski definition) is 4. The first-order valence-corrected chi connectivity index (χ1v) is 5.14. The van der Waals surface area contributed by atoms with Gasteiger partial charge in [-0.2, -0.15) is 0 Å². The zero-order valence-electron chi connectivity index (χ0n) is 8.66. The van der Waals surface area contributed by atoms with Gasteiger partial charge in [-0.15, -0.1) is 0 Å². The van der Waals surface area contributed by atoms with E-state index in [4.69, 9.17) is 5.73 Å². The number of aromatic nitrogens is 2. The van der Waals surface area contributed by atoms with Gasteiger partial charge in [-0.05, 0) is 6.42 Å². The lowest BCUT2D eigenvalue weighted by Gasteiger charge is -2.04. The smallest absolute Gasteiger partial charge is 0.144 e. The quantitative estimate of drug-likeness (QED) is 0.680. The molecule has 3 N–H and O–H groups in total. The Kier molecular flexibility index (Phi) is 4.75. The lowest BCUT2D eigenvalue weighted by atomic mass is 10.2. The Morgan fingerprint density at radius 1 is 1.21 bits per heavy atom. The summed E-state index contributed by atoms with van der Waals surface area (Å²) in [4.78, 5) is 8.04. The maximum absolute atomic E-state index is 5.42. The second kappa shape index (κ2) is 6.18. The minimum atomic E-state index is 0.460. The molecule has 1 aromatic rings. The minimum Gasteiger partial charge on any atom is -0.382 e. The zero-order valence-corrected chi connectivity index (χ0v) is 8.66. The number of nitrogens with zero attached hydrogens (tertiary/aromatic N) is 2. The van der Waals surface area contributed by atoms with Gasteiger partial charge in [-0.1, -0.05) is 26.2 Å². The monoisotopic (exact) mass is 194 g/mol. The van der Waals surface area contributed by atoms with Crippen molar-refractivity contribution in [2.45, 2.75) is 32.6 Å². The highest BCUT2D eigenvalue weighted by molar-refractivity contribution is 5.35. The van der Waals surface area contributed by atoms with Crippen molar-refractivity contribution in [1.82, 2.24) is 9.97 Å². The molecule has 1 aromatic heterocycles. The molecule has 0 bridgehead atoms. The van der Waals surface area contributed by atoms with Crippen LogP contribution in [0.3, 0.4) is 0 Å². The molecule has 4 heteroatoms. The van der Waals surface area contributed by atoms with Crippen LogP contribution in [0, 0.1) is 0 Å². The van der Waals surface area contributed by atoms with Crippen molar-refractivity contribution in [2.75, 3.05) is 17.6 Å². The Morgan fingerprint density at radius 3 is 2.71 bits per heavy atom. The summed E-state index contributed by atoms with van der Waals surface area (Å²) in [6.07, 6.45) is 8.24. The van der Waals surface area contributed by atoms with Crippen LogP contribution in [0.15, 0.2) is 12.4 Å². The molecule has 0 radical (unpaired) electrons. The van der Waals surface area contributed by atoms with Gasteiger partial charge in [0, 0.05) is 6.54 Å². The van der Waals surface area contributed by atoms with Gasteiger partial charge < -0.3 is 11.1 Å². The number of anilines is 2. The normalized spacial score (nSPS) is 10.1. The number of nitrogens with one attached hydrogen (secondary N) is 1. The van der Waals surface area contributed by atoms with Crippen molar-refractivity contribution in [3.8, 4) is 0 Å². The molecule has 0 amide bonds. The van der Waals surface area contributed by atoms with Gasteiger partial charge in [0.2, 0.25) is 0 Å². The summed E-state index contributed by atoms with van der Waals surface area (Å²) >= 11 is 0. The summed E-state index contributed by atoms with van der Waals surface area (Å²) in [7, 11) is 0. The molecule has 14 heavy (non-hydrogen) atoms. The fourth-order valence-electron chi connectivity index (χ4n) is 1.20. The molecule has 0 unspecified atom stereocenters. The van der Waals surface area contributed by atoms with Crippen LogP contribution >= 0.6 is 0 Å². The van der Waals surface area contributed by atoms with E-state index < -0.39 is 0 Å². The summed E-state index contributed by atoms with van der Waals surface area (Å²) in [5.41, 5.74) is 5.42. The number of unbranched alkanes of at least 4 members (excludes halogenated alkanes) is 3. The molecular weight excluding hydrogens is 176 g/mol. The van der Waals surface area contributed by atoms with E-state index in [1.807, 2.05) is 0 Å². The third-order valence-electron chi connectivity index (χ3n) is 2.01. The Balaban J connectivity index is 2.15. The van der Waals surface area contributed by atoms with Gasteiger partial charge in [0.05, 0.1) is 12.4 Å². The molecule has 0 aliphatic carbocycles. The van der Waals surface area contributed by atoms with E-state index in [1.54, 1.807) is 12.4 Å². The van der Waals surface area contributed by atoms with Crippen molar-refractivity contribution in [3.05, 3.63) is 12.4 Å². The summed E-state index contributed by atoms with van der Waals surface area (Å²) < 4.78 is 0. The van der Waals surface area contributed by atoms with E-state index in [-0.39, 0.29) is 0 Å². The molecule has 1 rings (SSSR count). The van der Waals surface area contributed by atoms with Gasteiger partial charge in [-0.25, -0.2) is 9.97 Å². The first kappa shape index (κ1) is 10.8. The summed E-state index contributed by atoms with van der Waals surface area (Å²) in [5.74, 6) is 1.26. The molecule has 0 aromatic carbocycles. The van der Waals surface area contributed by atoms with Crippen molar-refractivity contribution in [3.63, 3.8) is 0 Å². The second-order valence-corrected chi connectivity index (χ2v) is 3.31. The van der Waals surface area contributed by atoms with Crippen LogP contribution in [-0.2, 0) is 0 Å². The zero-order chi connectivity index (χ0) is 10.2. The van der Waals surface area contributed by atoms with Crippen molar-refractivity contribution in [2.24, 2.45) is 0 Å². The lowest BCUT2D eigenvalue weighted by Crippen LogP contribution is -2.04. The fraction of sp³-hybridized carbons (Fsp3) is 0.600. The average molecular weight is 194 g/mol. The molecular formula is C10H18N4. The molecule has 0 saturated heterocycles. The van der Waals surface area contributed by atoms with E-state index in [1.165, 1.54) is 25.7 Å². The fourth-order valence-corrected chi connectivity index (χ4v) is 1.20. The van der Waals surface area contributed by atoms with Gasteiger partial charge >= 0.3 is 0 Å². The number of nitrogens with two attached hydrogens (primary N) is 1. The predicted molar refractivity (Wildman–Crippen MR) is 59.1 cm³/mol. The van der Waals surface area contributed by atoms with Crippen LogP contribution in [0.5, 0.6) is 0 Å². The Hall–Kier alpha value is -1.32. The van der Waals surface area contributed by atoms with Crippen LogP contribution in [0.1, 0.15) is 32.6 Å². The molecule has 0 aliphatic rings. The maximum atomic E-state index is 5.42. The number of rotatable bonds is 6.